The van der Waals surface area contributed by atoms with Gasteiger partial charge < -0.3 is 14.8 Å². The Balaban J connectivity index is 2.76. The second-order valence-electron chi connectivity index (χ2n) is 4.20. The summed E-state index contributed by atoms with van der Waals surface area (Å²) < 4.78 is 10.5. The fourth-order valence-electron chi connectivity index (χ4n) is 1.74. The molecule has 0 aliphatic heterocycles. The van der Waals surface area contributed by atoms with Gasteiger partial charge >= 0.3 is 0 Å². The average molecular weight is 265 g/mol. The molecule has 1 N–H and O–H groups in total. The second kappa shape index (κ2) is 6.78. The molecule has 0 radical (unpaired) electrons. The lowest BCUT2D eigenvalue weighted by Gasteiger charge is -2.13. The third kappa shape index (κ3) is 3.98. The smallest absolute Gasteiger partial charge is 0.287 e. The van der Waals surface area contributed by atoms with E-state index in [0.717, 1.165) is 22.6 Å². The van der Waals surface area contributed by atoms with Crippen LogP contribution in [0, 0.1) is 6.92 Å². The molecule has 0 aromatic heterocycles. The summed E-state index contributed by atoms with van der Waals surface area (Å²) >= 11 is 0. The fraction of sp³-hybridized carbons (Fsp3) is 0.429. The standard InChI is InChI=1S/C14H19NO4/c1-9-7-13(19-4)11(8-12(9)18-3)5-6-15-14(17)10(2)16/h7-8H,5-6H2,1-4H3,(H,15,17). The first-order chi connectivity index (χ1) is 8.99. The Kier molecular flexibility index (Phi) is 5.36. The molecule has 0 saturated heterocycles. The number of ether oxygens (including phenoxy) is 2. The number of aryl methyl sites for hydroxylation is 1. The van der Waals surface area contributed by atoms with Gasteiger partial charge in [-0.3, -0.25) is 9.59 Å². The zero-order valence-corrected chi connectivity index (χ0v) is 11.7. The summed E-state index contributed by atoms with van der Waals surface area (Å²) in [5, 5.41) is 2.55. The van der Waals surface area contributed by atoms with Crippen molar-refractivity contribution < 1.29 is 19.1 Å². The first-order valence-corrected chi connectivity index (χ1v) is 5.99. The molecule has 1 amide bonds. The minimum Gasteiger partial charge on any atom is -0.496 e. The number of amides is 1. The van der Waals surface area contributed by atoms with Gasteiger partial charge in [-0.15, -0.1) is 0 Å². The van der Waals surface area contributed by atoms with E-state index >= 15 is 0 Å². The van der Waals surface area contributed by atoms with Gasteiger partial charge in [-0.1, -0.05) is 0 Å². The molecule has 0 bridgehead atoms. The summed E-state index contributed by atoms with van der Waals surface area (Å²) in [7, 11) is 3.20. The van der Waals surface area contributed by atoms with Crippen molar-refractivity contribution in [1.29, 1.82) is 0 Å². The Labute approximate surface area is 112 Å². The zero-order chi connectivity index (χ0) is 14.4. The highest BCUT2D eigenvalue weighted by Crippen LogP contribution is 2.28. The van der Waals surface area contributed by atoms with E-state index in [0.29, 0.717) is 13.0 Å². The van der Waals surface area contributed by atoms with Gasteiger partial charge in [-0.05, 0) is 36.6 Å². The minimum absolute atomic E-state index is 0.376. The van der Waals surface area contributed by atoms with Crippen LogP contribution in [0.25, 0.3) is 0 Å². The molecule has 19 heavy (non-hydrogen) atoms. The number of rotatable bonds is 6. The molecule has 5 nitrogen and oxygen atoms in total. The number of methoxy groups -OCH3 is 2. The summed E-state index contributed by atoms with van der Waals surface area (Å²) in [6.45, 7) is 3.55. The largest absolute Gasteiger partial charge is 0.496 e. The Morgan fingerprint density at radius 2 is 1.79 bits per heavy atom. The van der Waals surface area contributed by atoms with Crippen molar-refractivity contribution in [2.45, 2.75) is 20.3 Å². The van der Waals surface area contributed by atoms with Gasteiger partial charge in [0.25, 0.3) is 5.91 Å². The molecular weight excluding hydrogens is 246 g/mol. The fourth-order valence-corrected chi connectivity index (χ4v) is 1.74. The minimum atomic E-state index is -0.571. The Morgan fingerprint density at radius 1 is 1.16 bits per heavy atom. The first kappa shape index (κ1) is 15.0. The van der Waals surface area contributed by atoms with Crippen molar-refractivity contribution in [3.05, 3.63) is 23.3 Å². The van der Waals surface area contributed by atoms with Crippen molar-refractivity contribution in [2.75, 3.05) is 20.8 Å². The van der Waals surface area contributed by atoms with E-state index in [4.69, 9.17) is 9.47 Å². The van der Waals surface area contributed by atoms with Crippen LogP contribution in [-0.4, -0.2) is 32.5 Å². The Hall–Kier alpha value is -2.04. The van der Waals surface area contributed by atoms with Gasteiger partial charge in [0.15, 0.2) is 0 Å². The van der Waals surface area contributed by atoms with E-state index in [1.807, 2.05) is 19.1 Å². The highest BCUT2D eigenvalue weighted by Gasteiger charge is 2.10. The monoisotopic (exact) mass is 265 g/mol. The van der Waals surface area contributed by atoms with Gasteiger partial charge in [0.1, 0.15) is 11.5 Å². The number of hydrogen-bond acceptors (Lipinski definition) is 4. The molecule has 1 rings (SSSR count). The molecule has 0 spiro atoms. The highest BCUT2D eigenvalue weighted by molar-refractivity contribution is 6.35. The third-order valence-corrected chi connectivity index (χ3v) is 2.80. The van der Waals surface area contributed by atoms with E-state index < -0.39 is 11.7 Å². The van der Waals surface area contributed by atoms with Crippen molar-refractivity contribution in [2.24, 2.45) is 0 Å². The van der Waals surface area contributed by atoms with E-state index in [2.05, 4.69) is 5.32 Å². The zero-order valence-electron chi connectivity index (χ0n) is 11.7. The molecule has 0 fully saturated rings. The topological polar surface area (TPSA) is 64.6 Å². The maximum atomic E-state index is 11.1. The van der Waals surface area contributed by atoms with Gasteiger partial charge in [-0.2, -0.15) is 0 Å². The molecule has 5 heteroatoms. The average Bonchev–Trinajstić information content (AvgIpc) is 2.39. The third-order valence-electron chi connectivity index (χ3n) is 2.80. The normalized spacial score (nSPS) is 9.89. The summed E-state index contributed by atoms with van der Waals surface area (Å²) in [5.41, 5.74) is 1.91. The van der Waals surface area contributed by atoms with Crippen LogP contribution in [0.2, 0.25) is 0 Å². The lowest BCUT2D eigenvalue weighted by molar-refractivity contribution is -0.136. The number of carbonyl (C=O) groups is 2. The molecule has 0 atom stereocenters. The maximum Gasteiger partial charge on any atom is 0.287 e. The quantitative estimate of drug-likeness (QED) is 0.786. The van der Waals surface area contributed by atoms with Crippen LogP contribution < -0.4 is 14.8 Å². The molecule has 0 saturated carbocycles. The molecule has 1 aromatic rings. The summed E-state index contributed by atoms with van der Waals surface area (Å²) in [4.78, 5) is 21.9. The lowest BCUT2D eigenvalue weighted by Crippen LogP contribution is -2.30. The van der Waals surface area contributed by atoms with Gasteiger partial charge in [0.2, 0.25) is 5.78 Å². The van der Waals surface area contributed by atoms with Crippen LogP contribution >= 0.6 is 0 Å². The summed E-state index contributed by atoms with van der Waals surface area (Å²) in [6.07, 6.45) is 0.568. The number of carbonyl (C=O) groups excluding carboxylic acids is 2. The van der Waals surface area contributed by atoms with Crippen LogP contribution in [0.5, 0.6) is 11.5 Å². The maximum absolute atomic E-state index is 11.1. The van der Waals surface area contributed by atoms with Crippen molar-refractivity contribution in [3.8, 4) is 11.5 Å². The van der Waals surface area contributed by atoms with E-state index in [9.17, 15) is 9.59 Å². The molecular formula is C14H19NO4. The number of nitrogens with one attached hydrogen (secondary N) is 1. The predicted octanol–water partition coefficient (Wildman–Crippen LogP) is 1.26. The SMILES string of the molecule is COc1cc(CCNC(=O)C(C)=O)c(OC)cc1C. The van der Waals surface area contributed by atoms with Crippen molar-refractivity contribution >= 4 is 11.7 Å². The molecule has 0 unspecified atom stereocenters. The van der Waals surface area contributed by atoms with Crippen molar-refractivity contribution in [3.63, 3.8) is 0 Å². The molecule has 0 aliphatic carbocycles. The van der Waals surface area contributed by atoms with Gasteiger partial charge in [0.05, 0.1) is 14.2 Å². The molecule has 1 aromatic carbocycles. The Morgan fingerprint density at radius 3 is 2.32 bits per heavy atom. The van der Waals surface area contributed by atoms with Crippen LogP contribution in [-0.2, 0) is 16.0 Å². The van der Waals surface area contributed by atoms with Crippen LogP contribution in [0.3, 0.4) is 0 Å². The van der Waals surface area contributed by atoms with Crippen molar-refractivity contribution in [1.82, 2.24) is 5.32 Å². The van der Waals surface area contributed by atoms with Gasteiger partial charge in [0, 0.05) is 13.5 Å². The molecule has 104 valence electrons. The van der Waals surface area contributed by atoms with E-state index in [-0.39, 0.29) is 0 Å². The second-order valence-corrected chi connectivity index (χ2v) is 4.20. The highest BCUT2D eigenvalue weighted by atomic mass is 16.5. The number of hydrogen-bond donors (Lipinski definition) is 1. The molecule has 0 heterocycles. The molecule has 0 aliphatic rings. The van der Waals surface area contributed by atoms with Gasteiger partial charge in [-0.25, -0.2) is 0 Å². The Bertz CT molecular complexity index is 483. The first-order valence-electron chi connectivity index (χ1n) is 5.99. The van der Waals surface area contributed by atoms with Crippen LogP contribution in [0.1, 0.15) is 18.1 Å². The number of ketones is 1. The predicted molar refractivity (Wildman–Crippen MR) is 71.7 cm³/mol. The number of benzene rings is 1. The van der Waals surface area contributed by atoms with E-state index in [1.54, 1.807) is 14.2 Å². The van der Waals surface area contributed by atoms with Crippen LogP contribution in [0.15, 0.2) is 12.1 Å². The lowest BCUT2D eigenvalue weighted by atomic mass is 10.1. The van der Waals surface area contributed by atoms with E-state index in [1.165, 1.54) is 6.92 Å². The summed E-state index contributed by atoms with van der Waals surface area (Å²) in [5.74, 6) is 0.454. The summed E-state index contributed by atoms with van der Waals surface area (Å²) in [6, 6.07) is 3.77. The van der Waals surface area contributed by atoms with Crippen LogP contribution in [0.4, 0.5) is 0 Å². The number of Topliss-reactive ketones (excluding diaryl/α,β-unsaturated/α-hetero) is 1.